The van der Waals surface area contributed by atoms with Crippen molar-refractivity contribution in [2.75, 3.05) is 13.6 Å². The maximum atomic E-state index is 14.6. The highest BCUT2D eigenvalue weighted by Gasteiger charge is 2.38. The molecule has 7 nitrogen and oxygen atoms in total. The molecule has 1 fully saturated rings. The molecule has 3 aromatic rings. The number of nitrogens with zero attached hydrogens (tertiary/aromatic N) is 2. The van der Waals surface area contributed by atoms with Crippen LogP contribution in [0.5, 0.6) is 0 Å². The van der Waals surface area contributed by atoms with Crippen LogP contribution in [-0.2, 0) is 25.5 Å². The van der Waals surface area contributed by atoms with E-state index in [-0.39, 0.29) is 42.2 Å². The van der Waals surface area contributed by atoms with Gasteiger partial charge in [-0.1, -0.05) is 70.5 Å². The smallest absolute Gasteiger partial charge is 0.308 e. The minimum absolute atomic E-state index is 0.00290. The van der Waals surface area contributed by atoms with Crippen molar-refractivity contribution >= 4 is 26.4 Å². The van der Waals surface area contributed by atoms with Gasteiger partial charge >= 0.3 is 5.97 Å². The van der Waals surface area contributed by atoms with Crippen LogP contribution in [0, 0.1) is 11.7 Å². The summed E-state index contributed by atoms with van der Waals surface area (Å²) in [6.07, 6.45) is 1.70. The fourth-order valence-electron chi connectivity index (χ4n) is 6.76. The molecule has 0 N–H and O–H groups in total. The maximum Gasteiger partial charge on any atom is 0.308 e. The summed E-state index contributed by atoms with van der Waals surface area (Å²) in [4.78, 5) is 29.2. The molecule has 0 bridgehead atoms. The number of halogens is 1. The highest BCUT2D eigenvalue weighted by Crippen LogP contribution is 2.43. The molecule has 1 aromatic heterocycles. The van der Waals surface area contributed by atoms with Gasteiger partial charge in [-0.3, -0.25) is 9.59 Å². The van der Waals surface area contributed by atoms with Gasteiger partial charge in [-0.05, 0) is 81.4 Å². The Balaban J connectivity index is 1.85. The Morgan fingerprint density at radius 1 is 1.02 bits per heavy atom. The van der Waals surface area contributed by atoms with Crippen LogP contribution < -0.4 is 5.30 Å². The Labute approximate surface area is 295 Å². The van der Waals surface area contributed by atoms with Gasteiger partial charge in [0.25, 0.3) is 5.91 Å². The van der Waals surface area contributed by atoms with E-state index in [4.69, 9.17) is 14.2 Å². The molecule has 1 aliphatic heterocycles. The number of aromatic nitrogens is 1. The van der Waals surface area contributed by atoms with E-state index in [1.54, 1.807) is 12.1 Å². The van der Waals surface area contributed by atoms with Crippen molar-refractivity contribution in [3.63, 3.8) is 0 Å². The van der Waals surface area contributed by atoms with Crippen LogP contribution in [-0.4, -0.2) is 58.5 Å². The first-order valence-electron chi connectivity index (χ1n) is 17.6. The monoisotopic (exact) mass is 694 g/mol. The highest BCUT2D eigenvalue weighted by molar-refractivity contribution is 7.27. The zero-order valence-corrected chi connectivity index (χ0v) is 32.2. The van der Waals surface area contributed by atoms with Crippen LogP contribution in [0.4, 0.5) is 4.39 Å². The molecule has 0 aliphatic carbocycles. The summed E-state index contributed by atoms with van der Waals surface area (Å²) in [5.41, 5.74) is 4.47. The van der Waals surface area contributed by atoms with Crippen LogP contribution >= 0.6 is 9.24 Å². The molecule has 2 aromatic carbocycles. The summed E-state index contributed by atoms with van der Waals surface area (Å²) < 4.78 is 34.8. The lowest BCUT2D eigenvalue weighted by molar-refractivity contribution is -0.301. The topological polar surface area (TPSA) is 70.0 Å². The Hall–Kier alpha value is -3.06. The molecular weight excluding hydrogens is 638 g/mol. The minimum atomic E-state index is -0.885. The van der Waals surface area contributed by atoms with Crippen molar-refractivity contribution in [2.24, 2.45) is 5.92 Å². The van der Waals surface area contributed by atoms with Gasteiger partial charge in [-0.25, -0.2) is 4.39 Å². The highest BCUT2D eigenvalue weighted by atomic mass is 31.0. The zero-order chi connectivity index (χ0) is 36.3. The first-order valence-corrected chi connectivity index (χ1v) is 18.2. The standard InChI is InChI=1S/C40H56FN2O5P/c1-11-26(4)24-42(10)38(45)35-34(27-12-16-29(41)17-13-27)37(28-14-18-32(49)19-15-28)43(36(35)25(2)3)21-20-30-22-31(47-40(8,9)46-30)23-33(44)48-39(5,6)7/h12-19,25-26,30-31H,11,20-24,49H2,1-10H3. The Bertz CT molecular complexity index is 1590. The Morgan fingerprint density at radius 3 is 2.18 bits per heavy atom. The van der Waals surface area contributed by atoms with E-state index in [1.165, 1.54) is 12.1 Å². The summed E-state index contributed by atoms with van der Waals surface area (Å²) in [5, 5.41) is 1.05. The van der Waals surface area contributed by atoms with Crippen molar-refractivity contribution < 1.29 is 28.2 Å². The van der Waals surface area contributed by atoms with Crippen molar-refractivity contribution in [2.45, 2.75) is 124 Å². The summed E-state index contributed by atoms with van der Waals surface area (Å²) in [5.74, 6) is -1.23. The van der Waals surface area contributed by atoms with E-state index in [2.05, 4.69) is 53.6 Å². The third-order valence-corrected chi connectivity index (χ3v) is 9.31. The first-order chi connectivity index (χ1) is 22.9. The average Bonchev–Trinajstić information content (AvgIpc) is 3.33. The van der Waals surface area contributed by atoms with Gasteiger partial charge in [0.05, 0.1) is 29.9 Å². The molecule has 9 heteroatoms. The number of hydrogen-bond acceptors (Lipinski definition) is 5. The average molecular weight is 695 g/mol. The van der Waals surface area contributed by atoms with Gasteiger partial charge in [0, 0.05) is 37.8 Å². The predicted octanol–water partition coefficient (Wildman–Crippen LogP) is 8.74. The molecule has 0 saturated carbocycles. The third kappa shape index (κ3) is 10.0. The number of esters is 1. The molecule has 1 aliphatic rings. The van der Waals surface area contributed by atoms with Crippen molar-refractivity contribution in [1.29, 1.82) is 0 Å². The van der Waals surface area contributed by atoms with E-state index < -0.39 is 11.4 Å². The molecule has 4 unspecified atom stereocenters. The summed E-state index contributed by atoms with van der Waals surface area (Å²) in [6, 6.07) is 14.7. The zero-order valence-electron chi connectivity index (χ0n) is 31.1. The molecule has 2 heterocycles. The van der Waals surface area contributed by atoms with Crippen molar-refractivity contribution in [1.82, 2.24) is 9.47 Å². The first kappa shape index (κ1) is 38.7. The summed E-state index contributed by atoms with van der Waals surface area (Å²) in [7, 11) is 4.61. The van der Waals surface area contributed by atoms with Crippen LogP contribution in [0.1, 0.15) is 110 Å². The predicted molar refractivity (Wildman–Crippen MR) is 199 cm³/mol. The van der Waals surface area contributed by atoms with Crippen LogP contribution in [0.3, 0.4) is 0 Å². The fourth-order valence-corrected chi connectivity index (χ4v) is 6.95. The number of carbonyl (C=O) groups excluding carboxylic acids is 2. The van der Waals surface area contributed by atoms with Gasteiger partial charge in [-0.2, -0.15) is 0 Å². The number of rotatable bonds is 12. The molecular formula is C40H56FN2O5P. The quantitative estimate of drug-likeness (QED) is 0.140. The molecule has 4 atom stereocenters. The number of hydrogen-bond donors (Lipinski definition) is 0. The Morgan fingerprint density at radius 2 is 1.61 bits per heavy atom. The van der Waals surface area contributed by atoms with E-state index in [0.29, 0.717) is 37.4 Å². The molecule has 4 rings (SSSR count). The lowest BCUT2D eigenvalue weighted by Gasteiger charge is -2.41. The van der Waals surface area contributed by atoms with E-state index in [1.807, 2.05) is 58.7 Å². The Kier molecular flexibility index (Phi) is 12.5. The molecule has 0 radical (unpaired) electrons. The minimum Gasteiger partial charge on any atom is -0.460 e. The second-order valence-electron chi connectivity index (χ2n) is 15.3. The number of amides is 1. The number of ether oxygens (including phenoxy) is 3. The second-order valence-corrected chi connectivity index (χ2v) is 16.0. The van der Waals surface area contributed by atoms with Crippen LogP contribution in [0.25, 0.3) is 22.4 Å². The van der Waals surface area contributed by atoms with Gasteiger partial charge in [0.1, 0.15) is 11.4 Å². The maximum absolute atomic E-state index is 14.6. The lowest BCUT2D eigenvalue weighted by Crippen LogP contribution is -2.46. The molecule has 1 saturated heterocycles. The van der Waals surface area contributed by atoms with E-state index >= 15 is 0 Å². The van der Waals surface area contributed by atoms with Gasteiger partial charge in [0.15, 0.2) is 5.79 Å². The molecule has 49 heavy (non-hydrogen) atoms. The fraction of sp³-hybridized carbons (Fsp3) is 0.550. The van der Waals surface area contributed by atoms with E-state index in [0.717, 1.165) is 39.8 Å². The second kappa shape index (κ2) is 15.9. The molecule has 0 spiro atoms. The number of benzene rings is 2. The summed E-state index contributed by atoms with van der Waals surface area (Å²) in [6.45, 7) is 19.0. The van der Waals surface area contributed by atoms with Gasteiger partial charge < -0.3 is 23.7 Å². The van der Waals surface area contributed by atoms with Crippen molar-refractivity contribution in [3.8, 4) is 22.4 Å². The third-order valence-electron chi connectivity index (χ3n) is 8.93. The number of carbonyl (C=O) groups is 2. The SMILES string of the molecule is CCC(C)CN(C)C(=O)c1c(-c2ccc(F)cc2)c(-c2ccc(P)cc2)n(CCC2CC(CC(=O)OC(C)(C)C)OC(C)(C)O2)c1C(C)C. The van der Waals surface area contributed by atoms with Gasteiger partial charge in [0.2, 0.25) is 0 Å². The van der Waals surface area contributed by atoms with Crippen LogP contribution in [0.15, 0.2) is 48.5 Å². The summed E-state index contributed by atoms with van der Waals surface area (Å²) >= 11 is 0. The normalized spacial score (nSPS) is 18.4. The van der Waals surface area contributed by atoms with Crippen molar-refractivity contribution in [3.05, 3.63) is 65.6 Å². The van der Waals surface area contributed by atoms with Gasteiger partial charge in [-0.15, -0.1) is 9.24 Å². The lowest BCUT2D eigenvalue weighted by atomic mass is 9.94. The molecule has 1 amide bonds. The van der Waals surface area contributed by atoms with E-state index in [9.17, 15) is 14.0 Å². The molecule has 268 valence electrons. The largest absolute Gasteiger partial charge is 0.460 e. The van der Waals surface area contributed by atoms with Crippen LogP contribution in [0.2, 0.25) is 0 Å².